The van der Waals surface area contributed by atoms with Crippen LogP contribution in [0.15, 0.2) is 30.5 Å². The zero-order valence-corrected chi connectivity index (χ0v) is 7.25. The van der Waals surface area contributed by atoms with Gasteiger partial charge in [-0.25, -0.2) is 0 Å². The van der Waals surface area contributed by atoms with Crippen LogP contribution in [0.3, 0.4) is 0 Å². The Labute approximate surface area is 72.6 Å². The van der Waals surface area contributed by atoms with Gasteiger partial charge < -0.3 is 4.57 Å². The summed E-state index contributed by atoms with van der Waals surface area (Å²) in [6.45, 7) is 3.29. The van der Waals surface area contributed by atoms with Crippen molar-refractivity contribution < 1.29 is 0 Å². The minimum atomic E-state index is 1.10. The lowest BCUT2D eigenvalue weighted by Crippen LogP contribution is -1.92. The van der Waals surface area contributed by atoms with E-state index in [0.717, 1.165) is 6.54 Å². The molecule has 12 heavy (non-hydrogen) atoms. The molecule has 0 N–H and O–H groups in total. The van der Waals surface area contributed by atoms with Crippen LogP contribution in [0.2, 0.25) is 0 Å². The molecule has 0 aliphatic heterocycles. The van der Waals surface area contributed by atoms with Gasteiger partial charge in [0, 0.05) is 23.6 Å². The van der Waals surface area contributed by atoms with Crippen LogP contribution >= 0.6 is 0 Å². The van der Waals surface area contributed by atoms with Gasteiger partial charge in [0.25, 0.3) is 0 Å². The van der Waals surface area contributed by atoms with Gasteiger partial charge >= 0.3 is 0 Å². The Bertz CT molecular complexity index is 373. The second-order valence-electron chi connectivity index (χ2n) is 2.98. The summed E-state index contributed by atoms with van der Waals surface area (Å²) in [5, 5.41) is 1.21. The molecule has 0 aliphatic rings. The van der Waals surface area contributed by atoms with E-state index in [-0.39, 0.29) is 0 Å². The van der Waals surface area contributed by atoms with E-state index in [9.17, 15) is 0 Å². The lowest BCUT2D eigenvalue weighted by molar-refractivity contribution is 0.703. The van der Waals surface area contributed by atoms with Crippen molar-refractivity contribution in [3.63, 3.8) is 0 Å². The van der Waals surface area contributed by atoms with Crippen molar-refractivity contribution in [1.29, 1.82) is 0 Å². The molecule has 2 rings (SSSR count). The predicted molar refractivity (Wildman–Crippen MR) is 51.1 cm³/mol. The number of hydrogen-bond donors (Lipinski definition) is 0. The Balaban J connectivity index is 2.55. The van der Waals surface area contributed by atoms with E-state index in [1.165, 1.54) is 17.3 Å². The molecule has 0 bridgehead atoms. The molecule has 0 aliphatic carbocycles. The fraction of sp³-hybridized carbons (Fsp3) is 0.273. The molecule has 1 aromatic heterocycles. The maximum absolute atomic E-state index is 3.21. The minimum Gasteiger partial charge on any atom is -0.347 e. The second-order valence-corrected chi connectivity index (χ2v) is 2.98. The first-order valence-electron chi connectivity index (χ1n) is 4.37. The lowest BCUT2D eigenvalue weighted by Gasteiger charge is -2.00. The summed E-state index contributed by atoms with van der Waals surface area (Å²) < 4.78 is 2.27. The van der Waals surface area contributed by atoms with Gasteiger partial charge in [-0.15, -0.1) is 0 Å². The summed E-state index contributed by atoms with van der Waals surface area (Å²) >= 11 is 0. The number of aryl methyl sites for hydroxylation is 1. The molecule has 0 saturated heterocycles. The standard InChI is InChI=1S/C11H12N/c1-2-8-12-9-7-10-5-3-4-6-11(10)12/h3-4,6-7,9H,2,8H2,1H3. The molecule has 1 nitrogen and oxygen atoms in total. The number of nitrogens with zero attached hydrogens (tertiary/aromatic N) is 1. The predicted octanol–water partition coefficient (Wildman–Crippen LogP) is 2.85. The average Bonchev–Trinajstić information content (AvgIpc) is 2.50. The fourth-order valence-electron chi connectivity index (χ4n) is 1.51. The molecular formula is C11H12N. The molecule has 2 aromatic rings. The highest BCUT2D eigenvalue weighted by molar-refractivity contribution is 5.79. The van der Waals surface area contributed by atoms with E-state index < -0.39 is 0 Å². The Morgan fingerprint density at radius 2 is 2.33 bits per heavy atom. The third kappa shape index (κ3) is 1.11. The quantitative estimate of drug-likeness (QED) is 0.633. The van der Waals surface area contributed by atoms with E-state index >= 15 is 0 Å². The zero-order chi connectivity index (χ0) is 8.39. The van der Waals surface area contributed by atoms with Gasteiger partial charge in [-0.2, -0.15) is 0 Å². The van der Waals surface area contributed by atoms with Crippen LogP contribution in [-0.4, -0.2) is 4.57 Å². The van der Waals surface area contributed by atoms with E-state index in [1.54, 1.807) is 0 Å². The third-order valence-corrected chi connectivity index (χ3v) is 2.06. The molecule has 0 amide bonds. The molecule has 0 spiro atoms. The first kappa shape index (κ1) is 7.41. The molecule has 61 valence electrons. The minimum absolute atomic E-state index is 1.10. The molecule has 1 heteroatoms. The number of aromatic nitrogens is 1. The van der Waals surface area contributed by atoms with Gasteiger partial charge in [0.05, 0.1) is 0 Å². The highest BCUT2D eigenvalue weighted by atomic mass is 14.9. The zero-order valence-electron chi connectivity index (χ0n) is 7.25. The summed E-state index contributed by atoms with van der Waals surface area (Å²) in [6.07, 6.45) is 3.31. The van der Waals surface area contributed by atoms with Crippen molar-refractivity contribution in [1.82, 2.24) is 4.57 Å². The van der Waals surface area contributed by atoms with Crippen molar-refractivity contribution in [2.24, 2.45) is 0 Å². The molecule has 0 unspecified atom stereocenters. The number of hydrogen-bond acceptors (Lipinski definition) is 0. The second kappa shape index (κ2) is 3.02. The first-order valence-corrected chi connectivity index (χ1v) is 4.37. The van der Waals surface area contributed by atoms with E-state index in [4.69, 9.17) is 0 Å². The van der Waals surface area contributed by atoms with Crippen LogP contribution in [-0.2, 0) is 6.54 Å². The topological polar surface area (TPSA) is 4.93 Å². The van der Waals surface area contributed by atoms with Crippen LogP contribution in [0.5, 0.6) is 0 Å². The number of rotatable bonds is 2. The van der Waals surface area contributed by atoms with Gasteiger partial charge in [0.2, 0.25) is 0 Å². The largest absolute Gasteiger partial charge is 0.347 e. The van der Waals surface area contributed by atoms with Crippen LogP contribution in [0.25, 0.3) is 10.9 Å². The van der Waals surface area contributed by atoms with Crippen molar-refractivity contribution >= 4 is 10.9 Å². The monoisotopic (exact) mass is 158 g/mol. The van der Waals surface area contributed by atoms with Crippen LogP contribution in [0, 0.1) is 6.07 Å². The van der Waals surface area contributed by atoms with E-state index in [2.05, 4.69) is 35.9 Å². The molecular weight excluding hydrogens is 146 g/mol. The molecule has 0 atom stereocenters. The van der Waals surface area contributed by atoms with E-state index in [1.807, 2.05) is 12.1 Å². The Morgan fingerprint density at radius 3 is 3.17 bits per heavy atom. The van der Waals surface area contributed by atoms with Crippen LogP contribution in [0.4, 0.5) is 0 Å². The summed E-state index contributed by atoms with van der Waals surface area (Å²) in [6, 6.07) is 11.5. The summed E-state index contributed by atoms with van der Waals surface area (Å²) in [5.41, 5.74) is 1.29. The number of fused-ring (bicyclic) bond motifs is 1. The summed E-state index contributed by atoms with van der Waals surface area (Å²) in [7, 11) is 0. The fourth-order valence-corrected chi connectivity index (χ4v) is 1.51. The van der Waals surface area contributed by atoms with Crippen molar-refractivity contribution in [3.8, 4) is 0 Å². The smallest absolute Gasteiger partial charge is 0.0486 e. The highest BCUT2D eigenvalue weighted by Gasteiger charge is 1.97. The lowest BCUT2D eigenvalue weighted by atomic mass is 10.2. The first-order chi connectivity index (χ1) is 5.92. The Morgan fingerprint density at radius 1 is 1.42 bits per heavy atom. The normalized spacial score (nSPS) is 10.8. The Hall–Kier alpha value is -1.24. The molecule has 0 saturated carbocycles. The number of benzene rings is 1. The maximum atomic E-state index is 3.21. The SMILES string of the molecule is CCCn1ccc2[c]cccc21. The third-order valence-electron chi connectivity index (χ3n) is 2.06. The van der Waals surface area contributed by atoms with E-state index in [0.29, 0.717) is 0 Å². The molecule has 1 radical (unpaired) electrons. The summed E-state index contributed by atoms with van der Waals surface area (Å²) in [5.74, 6) is 0. The van der Waals surface area contributed by atoms with Crippen molar-refractivity contribution in [3.05, 3.63) is 36.5 Å². The summed E-state index contributed by atoms with van der Waals surface area (Å²) in [4.78, 5) is 0. The van der Waals surface area contributed by atoms with Crippen molar-refractivity contribution in [2.75, 3.05) is 0 Å². The van der Waals surface area contributed by atoms with Crippen LogP contribution < -0.4 is 0 Å². The van der Waals surface area contributed by atoms with Gasteiger partial charge in [-0.3, -0.25) is 0 Å². The van der Waals surface area contributed by atoms with Crippen LogP contribution in [0.1, 0.15) is 13.3 Å². The highest BCUT2D eigenvalue weighted by Crippen LogP contribution is 2.14. The van der Waals surface area contributed by atoms with Gasteiger partial charge in [0.1, 0.15) is 0 Å². The molecule has 1 aromatic carbocycles. The molecule has 0 fully saturated rings. The average molecular weight is 158 g/mol. The van der Waals surface area contributed by atoms with Gasteiger partial charge in [-0.05, 0) is 24.6 Å². The van der Waals surface area contributed by atoms with Crippen molar-refractivity contribution in [2.45, 2.75) is 19.9 Å². The maximum Gasteiger partial charge on any atom is 0.0486 e. The van der Waals surface area contributed by atoms with Gasteiger partial charge in [-0.1, -0.05) is 19.1 Å². The Kier molecular flexibility index (Phi) is 1.86. The molecule has 1 heterocycles. The van der Waals surface area contributed by atoms with Gasteiger partial charge in [0.15, 0.2) is 0 Å².